The van der Waals surface area contributed by atoms with E-state index in [-0.39, 0.29) is 5.91 Å². The maximum Gasteiger partial charge on any atom is 0.315 e. The third-order valence-electron chi connectivity index (χ3n) is 2.29. The summed E-state index contributed by atoms with van der Waals surface area (Å²) in [6.45, 7) is 4.83. The molecule has 2 unspecified atom stereocenters. The van der Waals surface area contributed by atoms with Gasteiger partial charge in [0.05, 0.1) is 0 Å². The van der Waals surface area contributed by atoms with Crippen molar-refractivity contribution in [3.8, 4) is 0 Å². The Balaban J connectivity index is 2.55. The van der Waals surface area contributed by atoms with E-state index >= 15 is 0 Å². The molecular weight excluding hydrogens is 202 g/mol. The van der Waals surface area contributed by atoms with Gasteiger partial charge in [-0.05, 0) is 6.92 Å². The van der Waals surface area contributed by atoms with Crippen molar-refractivity contribution in [2.45, 2.75) is 19.1 Å². The molecule has 0 spiro atoms. The summed E-state index contributed by atoms with van der Waals surface area (Å²) in [4.78, 5) is 23.9. The molecule has 2 atom stereocenters. The van der Waals surface area contributed by atoms with Crippen LogP contribution in [0, 0.1) is 5.92 Å². The van der Waals surface area contributed by atoms with Gasteiger partial charge in [-0.25, -0.2) is 0 Å². The molecule has 1 aliphatic heterocycles. The Morgan fingerprint density at radius 1 is 1.57 bits per heavy atom. The second-order valence-electron chi connectivity index (χ2n) is 3.53. The van der Waals surface area contributed by atoms with Gasteiger partial charge in [-0.1, -0.05) is 6.92 Å². The Morgan fingerprint density at radius 3 is 2.71 bits per heavy atom. The number of carbonyl (C=O) groups is 2. The molecule has 0 aliphatic carbocycles. The Morgan fingerprint density at radius 2 is 2.21 bits per heavy atom. The van der Waals surface area contributed by atoms with Crippen LogP contribution in [0.1, 0.15) is 13.8 Å². The van der Waals surface area contributed by atoms with Gasteiger partial charge in [-0.3, -0.25) is 9.59 Å². The molecule has 1 fully saturated rings. The molecule has 0 aromatic rings. The van der Waals surface area contributed by atoms with Gasteiger partial charge in [0.15, 0.2) is 0 Å². The summed E-state index contributed by atoms with van der Waals surface area (Å²) >= 11 is 1.82. The summed E-state index contributed by atoms with van der Waals surface area (Å²) in [6.07, 6.45) is 0. The summed E-state index contributed by atoms with van der Waals surface area (Å²) in [5, 5.41) is 9.11. The minimum Gasteiger partial charge on any atom is -0.481 e. The number of hydrogen-bond donors (Lipinski definition) is 1. The quantitative estimate of drug-likeness (QED) is 0.691. The summed E-state index contributed by atoms with van der Waals surface area (Å²) < 4.78 is 0. The second kappa shape index (κ2) is 4.68. The highest BCUT2D eigenvalue weighted by Crippen LogP contribution is 2.19. The standard InChI is InChI=1S/C9H15NO3S/c1-6-5-10(3-4-14-6)8(11)7(2)9(12)13/h6-7H,3-5H2,1-2H3,(H,12,13). The van der Waals surface area contributed by atoms with Crippen LogP contribution in [0.3, 0.4) is 0 Å². The van der Waals surface area contributed by atoms with Gasteiger partial charge < -0.3 is 10.0 Å². The lowest BCUT2D eigenvalue weighted by molar-refractivity contribution is -0.150. The van der Waals surface area contributed by atoms with E-state index in [1.807, 2.05) is 11.8 Å². The fraction of sp³-hybridized carbons (Fsp3) is 0.778. The van der Waals surface area contributed by atoms with Gasteiger partial charge in [0.25, 0.3) is 0 Å². The summed E-state index contributed by atoms with van der Waals surface area (Å²) in [7, 11) is 0. The van der Waals surface area contributed by atoms with Crippen LogP contribution in [0.2, 0.25) is 0 Å². The number of carboxylic acid groups (broad SMARTS) is 1. The number of nitrogens with zero attached hydrogens (tertiary/aromatic N) is 1. The van der Waals surface area contributed by atoms with E-state index < -0.39 is 11.9 Å². The zero-order valence-corrected chi connectivity index (χ0v) is 9.21. The molecule has 1 amide bonds. The molecule has 4 nitrogen and oxygen atoms in total. The average molecular weight is 217 g/mol. The van der Waals surface area contributed by atoms with Crippen molar-refractivity contribution in [2.75, 3.05) is 18.8 Å². The second-order valence-corrected chi connectivity index (χ2v) is 5.07. The zero-order valence-electron chi connectivity index (χ0n) is 8.40. The number of carboxylic acids is 1. The van der Waals surface area contributed by atoms with Crippen LogP contribution in [-0.4, -0.2) is 46.0 Å². The molecule has 0 aromatic carbocycles. The predicted molar refractivity (Wildman–Crippen MR) is 55.3 cm³/mol. The normalized spacial score (nSPS) is 24.4. The summed E-state index contributed by atoms with van der Waals surface area (Å²) in [6, 6.07) is 0. The molecule has 1 saturated heterocycles. The molecule has 1 heterocycles. The topological polar surface area (TPSA) is 57.6 Å². The van der Waals surface area contributed by atoms with E-state index in [2.05, 4.69) is 6.92 Å². The molecule has 0 saturated carbocycles. The molecular formula is C9H15NO3S. The fourth-order valence-corrected chi connectivity index (χ4v) is 2.41. The third kappa shape index (κ3) is 2.64. The van der Waals surface area contributed by atoms with Crippen molar-refractivity contribution in [2.24, 2.45) is 5.92 Å². The van der Waals surface area contributed by atoms with Gasteiger partial charge in [-0.15, -0.1) is 0 Å². The molecule has 1 aliphatic rings. The minimum atomic E-state index is -1.04. The highest BCUT2D eigenvalue weighted by molar-refractivity contribution is 7.99. The van der Waals surface area contributed by atoms with Crippen LogP contribution < -0.4 is 0 Å². The van der Waals surface area contributed by atoms with Crippen molar-refractivity contribution in [1.82, 2.24) is 4.90 Å². The summed E-state index contributed by atoms with van der Waals surface area (Å²) in [5.41, 5.74) is 0. The van der Waals surface area contributed by atoms with Crippen molar-refractivity contribution in [1.29, 1.82) is 0 Å². The molecule has 80 valence electrons. The van der Waals surface area contributed by atoms with Crippen LogP contribution in [0.25, 0.3) is 0 Å². The molecule has 14 heavy (non-hydrogen) atoms. The maximum absolute atomic E-state index is 11.6. The minimum absolute atomic E-state index is 0.260. The fourth-order valence-electron chi connectivity index (χ4n) is 1.40. The molecule has 0 radical (unpaired) electrons. The van der Waals surface area contributed by atoms with Gasteiger partial charge in [0.2, 0.25) is 5.91 Å². The van der Waals surface area contributed by atoms with Crippen LogP contribution in [0.4, 0.5) is 0 Å². The van der Waals surface area contributed by atoms with E-state index in [0.29, 0.717) is 18.3 Å². The van der Waals surface area contributed by atoms with Crippen LogP contribution >= 0.6 is 11.8 Å². The lowest BCUT2D eigenvalue weighted by atomic mass is 10.1. The molecule has 1 rings (SSSR count). The highest BCUT2D eigenvalue weighted by atomic mass is 32.2. The van der Waals surface area contributed by atoms with E-state index in [1.165, 1.54) is 6.92 Å². The van der Waals surface area contributed by atoms with E-state index in [9.17, 15) is 9.59 Å². The maximum atomic E-state index is 11.6. The number of aliphatic carboxylic acids is 1. The first kappa shape index (κ1) is 11.4. The monoisotopic (exact) mass is 217 g/mol. The number of thioether (sulfide) groups is 1. The Bertz CT molecular complexity index is 244. The Hall–Kier alpha value is -0.710. The molecule has 5 heteroatoms. The highest BCUT2D eigenvalue weighted by Gasteiger charge is 2.28. The Kier molecular flexibility index (Phi) is 3.80. The lowest BCUT2D eigenvalue weighted by Gasteiger charge is -2.31. The van der Waals surface area contributed by atoms with Crippen molar-refractivity contribution in [3.63, 3.8) is 0 Å². The number of hydrogen-bond acceptors (Lipinski definition) is 3. The van der Waals surface area contributed by atoms with Crippen molar-refractivity contribution >= 4 is 23.6 Å². The van der Waals surface area contributed by atoms with Crippen molar-refractivity contribution in [3.05, 3.63) is 0 Å². The Labute approximate surface area is 87.7 Å². The zero-order chi connectivity index (χ0) is 10.7. The lowest BCUT2D eigenvalue weighted by Crippen LogP contribution is -2.45. The summed E-state index contributed by atoms with van der Waals surface area (Å²) in [5.74, 6) is -1.31. The molecule has 1 N–H and O–H groups in total. The number of rotatable bonds is 2. The third-order valence-corrected chi connectivity index (χ3v) is 3.43. The number of carbonyl (C=O) groups excluding carboxylic acids is 1. The van der Waals surface area contributed by atoms with Crippen molar-refractivity contribution < 1.29 is 14.7 Å². The van der Waals surface area contributed by atoms with E-state index in [4.69, 9.17) is 5.11 Å². The number of amides is 1. The first-order valence-corrected chi connectivity index (χ1v) is 5.70. The predicted octanol–water partition coefficient (Wildman–Crippen LogP) is 0.671. The van der Waals surface area contributed by atoms with Gasteiger partial charge in [-0.2, -0.15) is 11.8 Å². The largest absolute Gasteiger partial charge is 0.481 e. The first-order chi connectivity index (χ1) is 6.52. The average Bonchev–Trinajstić information content (AvgIpc) is 2.15. The van der Waals surface area contributed by atoms with Gasteiger partial charge in [0, 0.05) is 24.1 Å². The van der Waals surface area contributed by atoms with Gasteiger partial charge in [0.1, 0.15) is 5.92 Å². The van der Waals surface area contributed by atoms with E-state index in [0.717, 1.165) is 5.75 Å². The van der Waals surface area contributed by atoms with E-state index in [1.54, 1.807) is 4.90 Å². The molecule has 0 bridgehead atoms. The smallest absolute Gasteiger partial charge is 0.315 e. The van der Waals surface area contributed by atoms with Crippen LogP contribution in [0.15, 0.2) is 0 Å². The first-order valence-electron chi connectivity index (χ1n) is 4.65. The SMILES string of the molecule is CC1CN(C(=O)C(C)C(=O)O)CCS1. The van der Waals surface area contributed by atoms with Gasteiger partial charge >= 0.3 is 5.97 Å². The molecule has 0 aromatic heterocycles. The van der Waals surface area contributed by atoms with Crippen LogP contribution in [0.5, 0.6) is 0 Å². The van der Waals surface area contributed by atoms with Crippen LogP contribution in [-0.2, 0) is 9.59 Å².